The molecule has 8 nitrogen and oxygen atoms in total. The molecule has 3 atom stereocenters. The van der Waals surface area contributed by atoms with Crippen molar-refractivity contribution in [2.45, 2.75) is 43.9 Å². The van der Waals surface area contributed by atoms with Crippen molar-refractivity contribution in [2.24, 2.45) is 0 Å². The number of pyridine rings is 1. The monoisotopic (exact) mass is 718 g/mol. The highest BCUT2D eigenvalue weighted by Crippen LogP contribution is 2.43. The average Bonchev–Trinajstić information content (AvgIpc) is 3.57. The highest BCUT2D eigenvalue weighted by atomic mass is 127. The standard InChI is InChI=1S/C32H34F3IN6O2/c1-2-43-30-25-28(26(35)27(38-30)24-22-7-4-3-6-19(22)8-9-23(24)34)39-31(40-29(25)41-13-11-37-21(15-36)17-41)44-18-32-10-5-12-42(32)16-20(33)14-32/h3-4,6-9,20-21,37H,2,5,10-18H2,1H3/t20-,21+,32+/m1/s1. The first-order chi connectivity index (χ1) is 21.4. The Kier molecular flexibility index (Phi) is 8.17. The molecule has 0 radical (unpaired) electrons. The third kappa shape index (κ3) is 5.22. The Labute approximate surface area is 267 Å². The molecule has 12 heteroatoms. The van der Waals surface area contributed by atoms with E-state index in [4.69, 9.17) is 14.5 Å². The van der Waals surface area contributed by atoms with E-state index in [0.29, 0.717) is 49.2 Å². The molecule has 3 aliphatic heterocycles. The lowest BCUT2D eigenvalue weighted by atomic mass is 9.95. The van der Waals surface area contributed by atoms with Crippen molar-refractivity contribution in [2.75, 3.05) is 55.3 Å². The van der Waals surface area contributed by atoms with Crippen LogP contribution in [0, 0.1) is 11.6 Å². The average molecular weight is 719 g/mol. The van der Waals surface area contributed by atoms with Gasteiger partial charge in [0.15, 0.2) is 5.82 Å². The van der Waals surface area contributed by atoms with Gasteiger partial charge in [-0.15, -0.1) is 0 Å². The van der Waals surface area contributed by atoms with Crippen LogP contribution in [-0.2, 0) is 0 Å². The Morgan fingerprint density at radius 3 is 2.77 bits per heavy atom. The molecule has 1 N–H and O–H groups in total. The molecule has 44 heavy (non-hydrogen) atoms. The van der Waals surface area contributed by atoms with Gasteiger partial charge >= 0.3 is 6.01 Å². The molecule has 0 aliphatic carbocycles. The largest absolute Gasteiger partial charge is 0.477 e. The van der Waals surface area contributed by atoms with Crippen molar-refractivity contribution in [1.82, 2.24) is 25.2 Å². The van der Waals surface area contributed by atoms with Gasteiger partial charge in [-0.3, -0.25) is 4.90 Å². The van der Waals surface area contributed by atoms with Crippen LogP contribution in [0.15, 0.2) is 36.4 Å². The number of aromatic nitrogens is 3. The zero-order valence-corrected chi connectivity index (χ0v) is 26.6. The number of nitrogens with zero attached hydrogens (tertiary/aromatic N) is 5. The highest BCUT2D eigenvalue weighted by molar-refractivity contribution is 14.1. The summed E-state index contributed by atoms with van der Waals surface area (Å²) >= 11 is 2.34. The molecule has 7 rings (SSSR count). The van der Waals surface area contributed by atoms with Gasteiger partial charge in [-0.2, -0.15) is 9.97 Å². The molecule has 0 saturated carbocycles. The van der Waals surface area contributed by atoms with Crippen molar-refractivity contribution in [3.63, 3.8) is 0 Å². The lowest BCUT2D eigenvalue weighted by molar-refractivity contribution is 0.107. The number of halogens is 4. The maximum absolute atomic E-state index is 16.8. The molecule has 2 aromatic heterocycles. The fourth-order valence-corrected chi connectivity index (χ4v) is 7.65. The Bertz CT molecular complexity index is 1710. The van der Waals surface area contributed by atoms with Gasteiger partial charge < -0.3 is 19.7 Å². The number of piperazine rings is 1. The first-order valence-corrected chi connectivity index (χ1v) is 16.7. The fourth-order valence-electron chi connectivity index (χ4n) is 7.06. The van der Waals surface area contributed by atoms with E-state index in [1.807, 2.05) is 19.1 Å². The lowest BCUT2D eigenvalue weighted by Crippen LogP contribution is -2.51. The second-order valence-corrected chi connectivity index (χ2v) is 12.7. The summed E-state index contributed by atoms with van der Waals surface area (Å²) in [7, 11) is 0. The van der Waals surface area contributed by atoms with Crippen LogP contribution in [0.5, 0.6) is 11.9 Å². The molecule has 232 valence electrons. The van der Waals surface area contributed by atoms with Crippen LogP contribution in [0.2, 0.25) is 0 Å². The highest BCUT2D eigenvalue weighted by Gasteiger charge is 2.49. The summed E-state index contributed by atoms with van der Waals surface area (Å²) in [5.41, 5.74) is -0.624. The number of rotatable bonds is 8. The van der Waals surface area contributed by atoms with Gasteiger partial charge in [-0.05, 0) is 43.1 Å². The zero-order chi connectivity index (χ0) is 30.4. The van der Waals surface area contributed by atoms with E-state index < -0.39 is 23.3 Å². The van der Waals surface area contributed by atoms with Gasteiger partial charge in [0.1, 0.15) is 41.0 Å². The SMILES string of the molecule is CCOc1nc(-c2c(F)ccc3ccccc23)c(F)c2nc(OC[C@@]34CCCN3C[C@H](F)C4)nc(N3CCN[C@@H](CI)C3)c12. The number of benzene rings is 2. The van der Waals surface area contributed by atoms with E-state index in [1.54, 1.807) is 18.2 Å². The minimum atomic E-state index is -0.909. The number of ether oxygens (including phenoxy) is 2. The number of hydrogen-bond donors (Lipinski definition) is 1. The minimum absolute atomic E-state index is 0.00233. The molecule has 0 amide bonds. The van der Waals surface area contributed by atoms with E-state index in [0.717, 1.165) is 29.2 Å². The Morgan fingerprint density at radius 2 is 1.93 bits per heavy atom. The molecule has 5 heterocycles. The van der Waals surface area contributed by atoms with Crippen LogP contribution >= 0.6 is 22.6 Å². The maximum Gasteiger partial charge on any atom is 0.319 e. The van der Waals surface area contributed by atoms with Crippen molar-refractivity contribution in [3.8, 4) is 23.1 Å². The molecule has 0 unspecified atom stereocenters. The Morgan fingerprint density at radius 1 is 1.07 bits per heavy atom. The summed E-state index contributed by atoms with van der Waals surface area (Å²) < 4.78 is 60.0. The number of hydrogen-bond acceptors (Lipinski definition) is 8. The summed E-state index contributed by atoms with van der Waals surface area (Å²) in [5, 5.41) is 5.10. The topological polar surface area (TPSA) is 75.6 Å². The van der Waals surface area contributed by atoms with Crippen LogP contribution in [0.4, 0.5) is 19.0 Å². The summed E-state index contributed by atoms with van der Waals surface area (Å²) in [5.74, 6) is -0.791. The van der Waals surface area contributed by atoms with Gasteiger partial charge in [-0.1, -0.05) is 52.9 Å². The normalized spacial score (nSPS) is 23.9. The van der Waals surface area contributed by atoms with Crippen molar-refractivity contribution in [1.29, 1.82) is 0 Å². The molecule has 3 aliphatic rings. The summed E-state index contributed by atoms with van der Waals surface area (Å²) in [6, 6.07) is 10.4. The third-order valence-corrected chi connectivity index (χ3v) is 10.1. The molecule has 4 aromatic rings. The smallest absolute Gasteiger partial charge is 0.319 e. The van der Waals surface area contributed by atoms with E-state index >= 15 is 8.78 Å². The number of nitrogens with one attached hydrogen (secondary N) is 1. The number of alkyl halides is 2. The predicted molar refractivity (Wildman–Crippen MR) is 173 cm³/mol. The first-order valence-electron chi connectivity index (χ1n) is 15.2. The van der Waals surface area contributed by atoms with E-state index in [2.05, 4.69) is 47.7 Å². The van der Waals surface area contributed by atoms with E-state index in [-0.39, 0.29) is 47.9 Å². The van der Waals surface area contributed by atoms with Gasteiger partial charge in [0, 0.05) is 48.6 Å². The third-order valence-electron chi connectivity index (χ3n) is 9.08. The second-order valence-electron chi connectivity index (χ2n) is 11.8. The predicted octanol–water partition coefficient (Wildman–Crippen LogP) is 5.69. The maximum atomic E-state index is 16.8. The molecule has 3 saturated heterocycles. The van der Waals surface area contributed by atoms with E-state index in [1.165, 1.54) is 6.07 Å². The number of fused-ring (bicyclic) bond motifs is 3. The quantitative estimate of drug-likeness (QED) is 0.184. The Balaban J connectivity index is 1.41. The molecule has 0 bridgehead atoms. The minimum Gasteiger partial charge on any atom is -0.477 e. The number of anilines is 1. The molecular weight excluding hydrogens is 684 g/mol. The first kappa shape index (κ1) is 29.7. The van der Waals surface area contributed by atoms with Gasteiger partial charge in [0.25, 0.3) is 0 Å². The summed E-state index contributed by atoms with van der Waals surface area (Å²) in [4.78, 5) is 18.3. The van der Waals surface area contributed by atoms with Gasteiger partial charge in [0.2, 0.25) is 5.88 Å². The van der Waals surface area contributed by atoms with E-state index in [9.17, 15) is 4.39 Å². The lowest BCUT2D eigenvalue weighted by Gasteiger charge is -2.35. The van der Waals surface area contributed by atoms with Crippen molar-refractivity contribution < 1.29 is 22.6 Å². The Hall–Kier alpha value is -2.97. The summed E-state index contributed by atoms with van der Waals surface area (Å²) in [6.07, 6.45) is 1.27. The molecule has 3 fully saturated rings. The van der Waals surface area contributed by atoms with Crippen LogP contribution in [0.1, 0.15) is 26.2 Å². The fraction of sp³-hybridized carbons (Fsp3) is 0.469. The molecular formula is C32H34F3IN6O2. The second kappa shape index (κ2) is 12.1. The molecule has 2 aromatic carbocycles. The van der Waals surface area contributed by atoms with Crippen LogP contribution in [0.3, 0.4) is 0 Å². The van der Waals surface area contributed by atoms with Crippen LogP contribution in [-0.4, -0.2) is 88.0 Å². The van der Waals surface area contributed by atoms with Gasteiger partial charge in [-0.25, -0.2) is 18.2 Å². The van der Waals surface area contributed by atoms with Crippen LogP contribution < -0.4 is 19.7 Å². The van der Waals surface area contributed by atoms with Gasteiger partial charge in [0.05, 0.1) is 12.1 Å². The van der Waals surface area contributed by atoms with Crippen molar-refractivity contribution in [3.05, 3.63) is 48.0 Å². The van der Waals surface area contributed by atoms with Crippen molar-refractivity contribution >= 4 is 50.1 Å². The van der Waals surface area contributed by atoms with Crippen LogP contribution in [0.25, 0.3) is 32.9 Å². The zero-order valence-electron chi connectivity index (χ0n) is 24.5. The molecule has 0 spiro atoms. The summed E-state index contributed by atoms with van der Waals surface area (Å²) in [6.45, 7) is 5.44.